The molecule has 0 saturated heterocycles. The van der Waals surface area contributed by atoms with Crippen LogP contribution >= 0.6 is 0 Å². The second-order valence-electron chi connectivity index (χ2n) is 4.93. The van der Waals surface area contributed by atoms with Gasteiger partial charge in [-0.05, 0) is 37.2 Å². The maximum absolute atomic E-state index is 13.9. The van der Waals surface area contributed by atoms with Crippen LogP contribution in [0.15, 0.2) is 55.0 Å². The predicted octanol–water partition coefficient (Wildman–Crippen LogP) is 3.27. The molecule has 1 N–H and O–H groups in total. The van der Waals surface area contributed by atoms with Crippen LogP contribution in [-0.2, 0) is 6.42 Å². The normalized spacial score (nSPS) is 12.5. The number of hydrogen-bond donors (Lipinski definition) is 1. The molecule has 1 atom stereocenters. The first-order valence-corrected chi connectivity index (χ1v) is 6.89. The van der Waals surface area contributed by atoms with E-state index in [0.717, 1.165) is 16.5 Å². The summed E-state index contributed by atoms with van der Waals surface area (Å²) >= 11 is 0. The van der Waals surface area contributed by atoms with E-state index in [1.54, 1.807) is 18.5 Å². The number of pyridine rings is 2. The van der Waals surface area contributed by atoms with Gasteiger partial charge in [0.05, 0.1) is 11.7 Å². The molecule has 106 valence electrons. The van der Waals surface area contributed by atoms with Gasteiger partial charge < -0.3 is 5.32 Å². The quantitative estimate of drug-likeness (QED) is 0.797. The van der Waals surface area contributed by atoms with Gasteiger partial charge in [-0.25, -0.2) is 4.39 Å². The van der Waals surface area contributed by atoms with Crippen molar-refractivity contribution >= 4 is 10.9 Å². The van der Waals surface area contributed by atoms with Crippen LogP contribution in [0.1, 0.15) is 17.2 Å². The molecule has 3 rings (SSSR count). The van der Waals surface area contributed by atoms with Crippen molar-refractivity contribution < 1.29 is 4.39 Å². The van der Waals surface area contributed by atoms with Gasteiger partial charge in [-0.2, -0.15) is 0 Å². The zero-order chi connectivity index (χ0) is 14.7. The van der Waals surface area contributed by atoms with Crippen molar-refractivity contribution in [1.82, 2.24) is 15.3 Å². The number of fused-ring (bicyclic) bond motifs is 1. The second kappa shape index (κ2) is 5.97. The zero-order valence-electron chi connectivity index (χ0n) is 11.8. The molecule has 1 unspecified atom stereocenters. The standard InChI is InChI=1S/C17H16FN3/c1-19-17(14-7-8-20-11-15(14)18)10-12-6-9-21-16-5-3-2-4-13(12)16/h2-9,11,17,19H,10H2,1H3. The van der Waals surface area contributed by atoms with E-state index in [-0.39, 0.29) is 11.9 Å². The van der Waals surface area contributed by atoms with E-state index >= 15 is 0 Å². The van der Waals surface area contributed by atoms with Crippen molar-refractivity contribution in [2.45, 2.75) is 12.5 Å². The fourth-order valence-electron chi connectivity index (χ4n) is 2.59. The second-order valence-corrected chi connectivity index (χ2v) is 4.93. The molecule has 0 bridgehead atoms. The first-order chi connectivity index (χ1) is 10.3. The first-order valence-electron chi connectivity index (χ1n) is 6.89. The fraction of sp³-hybridized carbons (Fsp3) is 0.176. The number of rotatable bonds is 4. The van der Waals surface area contributed by atoms with Gasteiger partial charge in [-0.15, -0.1) is 0 Å². The topological polar surface area (TPSA) is 37.8 Å². The van der Waals surface area contributed by atoms with Gasteiger partial charge in [0, 0.05) is 29.4 Å². The number of benzene rings is 1. The summed E-state index contributed by atoms with van der Waals surface area (Å²) < 4.78 is 13.9. The third kappa shape index (κ3) is 2.76. The van der Waals surface area contributed by atoms with Gasteiger partial charge in [0.1, 0.15) is 5.82 Å². The summed E-state index contributed by atoms with van der Waals surface area (Å²) in [6.07, 6.45) is 5.37. The molecular weight excluding hydrogens is 265 g/mol. The summed E-state index contributed by atoms with van der Waals surface area (Å²) in [6, 6.07) is 11.6. The molecule has 4 heteroatoms. The Morgan fingerprint density at radius 2 is 2.00 bits per heavy atom. The van der Waals surface area contributed by atoms with Crippen LogP contribution in [0.2, 0.25) is 0 Å². The maximum Gasteiger partial charge on any atom is 0.146 e. The Labute approximate surface area is 122 Å². The Morgan fingerprint density at radius 1 is 1.14 bits per heavy atom. The highest BCUT2D eigenvalue weighted by molar-refractivity contribution is 5.81. The average Bonchev–Trinajstić information content (AvgIpc) is 2.53. The minimum absolute atomic E-state index is 0.0983. The van der Waals surface area contributed by atoms with Crippen molar-refractivity contribution in [2.75, 3.05) is 7.05 Å². The van der Waals surface area contributed by atoms with E-state index in [1.807, 2.05) is 37.4 Å². The summed E-state index contributed by atoms with van der Waals surface area (Å²) in [5.74, 6) is -0.282. The van der Waals surface area contributed by atoms with Crippen molar-refractivity contribution in [3.8, 4) is 0 Å². The molecule has 0 aliphatic rings. The molecule has 0 aliphatic heterocycles. The van der Waals surface area contributed by atoms with Crippen molar-refractivity contribution in [1.29, 1.82) is 0 Å². The Balaban J connectivity index is 1.98. The largest absolute Gasteiger partial charge is 0.313 e. The lowest BCUT2D eigenvalue weighted by Crippen LogP contribution is -2.20. The van der Waals surface area contributed by atoms with Crippen LogP contribution in [0.5, 0.6) is 0 Å². The molecule has 2 heterocycles. The fourth-order valence-corrected chi connectivity index (χ4v) is 2.59. The summed E-state index contributed by atoms with van der Waals surface area (Å²) in [4.78, 5) is 8.17. The van der Waals surface area contributed by atoms with E-state index in [2.05, 4.69) is 15.3 Å². The van der Waals surface area contributed by atoms with Crippen molar-refractivity contribution in [3.05, 3.63) is 71.9 Å². The Bertz CT molecular complexity index is 752. The molecule has 2 aromatic heterocycles. The molecule has 0 fully saturated rings. The predicted molar refractivity (Wildman–Crippen MR) is 81.4 cm³/mol. The van der Waals surface area contributed by atoms with Gasteiger partial charge in [0.2, 0.25) is 0 Å². The molecule has 1 aromatic carbocycles. The molecule has 3 nitrogen and oxygen atoms in total. The lowest BCUT2D eigenvalue weighted by Gasteiger charge is -2.18. The molecule has 0 saturated carbocycles. The number of hydrogen-bond acceptors (Lipinski definition) is 3. The summed E-state index contributed by atoms with van der Waals surface area (Å²) in [6.45, 7) is 0. The van der Waals surface area contributed by atoms with Crippen LogP contribution < -0.4 is 5.32 Å². The number of halogens is 1. The number of likely N-dealkylation sites (N-methyl/N-ethyl adjacent to an activating group) is 1. The lowest BCUT2D eigenvalue weighted by atomic mass is 9.97. The Hall–Kier alpha value is -2.33. The highest BCUT2D eigenvalue weighted by Gasteiger charge is 2.15. The SMILES string of the molecule is CNC(Cc1ccnc2ccccc12)c1ccncc1F. The first kappa shape index (κ1) is 13.6. The zero-order valence-corrected chi connectivity index (χ0v) is 11.8. The van der Waals surface area contributed by atoms with E-state index in [9.17, 15) is 4.39 Å². The highest BCUT2D eigenvalue weighted by atomic mass is 19.1. The number of aromatic nitrogens is 2. The molecular formula is C17H16FN3. The monoisotopic (exact) mass is 281 g/mol. The number of para-hydroxylation sites is 1. The van der Waals surface area contributed by atoms with E-state index in [1.165, 1.54) is 6.20 Å². The third-order valence-electron chi connectivity index (χ3n) is 3.69. The molecule has 0 radical (unpaired) electrons. The highest BCUT2D eigenvalue weighted by Crippen LogP contribution is 2.24. The summed E-state index contributed by atoms with van der Waals surface area (Å²) in [5.41, 5.74) is 2.74. The maximum atomic E-state index is 13.9. The van der Waals surface area contributed by atoms with Crippen molar-refractivity contribution in [3.63, 3.8) is 0 Å². The number of nitrogens with zero attached hydrogens (tertiary/aromatic N) is 2. The third-order valence-corrected chi connectivity index (χ3v) is 3.69. The van der Waals surface area contributed by atoms with Crippen LogP contribution in [0.25, 0.3) is 10.9 Å². The molecule has 0 spiro atoms. The number of nitrogens with one attached hydrogen (secondary N) is 1. The van der Waals surface area contributed by atoms with Crippen LogP contribution in [0.4, 0.5) is 4.39 Å². The van der Waals surface area contributed by atoms with Crippen molar-refractivity contribution in [2.24, 2.45) is 0 Å². The summed E-state index contributed by atoms with van der Waals surface area (Å²) in [7, 11) is 1.84. The molecule has 0 amide bonds. The van der Waals surface area contributed by atoms with Crippen LogP contribution in [0.3, 0.4) is 0 Å². The van der Waals surface area contributed by atoms with Gasteiger partial charge in [0.15, 0.2) is 0 Å². The van der Waals surface area contributed by atoms with E-state index in [0.29, 0.717) is 12.0 Å². The smallest absolute Gasteiger partial charge is 0.146 e. The Kier molecular flexibility index (Phi) is 3.88. The minimum Gasteiger partial charge on any atom is -0.313 e. The molecule has 0 aliphatic carbocycles. The summed E-state index contributed by atoms with van der Waals surface area (Å²) in [5, 5.41) is 4.29. The minimum atomic E-state index is -0.282. The van der Waals surface area contributed by atoms with Crippen LogP contribution in [-0.4, -0.2) is 17.0 Å². The van der Waals surface area contributed by atoms with Gasteiger partial charge >= 0.3 is 0 Å². The average molecular weight is 281 g/mol. The van der Waals surface area contributed by atoms with Crippen LogP contribution in [0, 0.1) is 5.82 Å². The molecule has 3 aromatic rings. The lowest BCUT2D eigenvalue weighted by molar-refractivity contribution is 0.531. The van der Waals surface area contributed by atoms with Gasteiger partial charge in [0.25, 0.3) is 0 Å². The van der Waals surface area contributed by atoms with E-state index < -0.39 is 0 Å². The molecule has 21 heavy (non-hydrogen) atoms. The van der Waals surface area contributed by atoms with Gasteiger partial charge in [-0.3, -0.25) is 9.97 Å². The van der Waals surface area contributed by atoms with E-state index in [4.69, 9.17) is 0 Å². The van der Waals surface area contributed by atoms with Gasteiger partial charge in [-0.1, -0.05) is 18.2 Å². The Morgan fingerprint density at radius 3 is 2.81 bits per heavy atom.